The molecule has 2 aromatic rings. The molecule has 1 aromatic heterocycles. The van der Waals surface area contributed by atoms with Gasteiger partial charge in [-0.25, -0.2) is 9.97 Å². The van der Waals surface area contributed by atoms with Gasteiger partial charge in [0, 0.05) is 11.3 Å². The Kier molecular flexibility index (Phi) is 3.87. The van der Waals surface area contributed by atoms with E-state index in [1.807, 2.05) is 13.0 Å². The Labute approximate surface area is 115 Å². The summed E-state index contributed by atoms with van der Waals surface area (Å²) in [5.41, 5.74) is 1.70. The zero-order chi connectivity index (χ0) is 12.4. The minimum absolute atomic E-state index is 0.429. The average Bonchev–Trinajstić information content (AvgIpc) is 2.32. The lowest BCUT2D eigenvalue weighted by atomic mass is 10.2. The number of rotatable bonds is 2. The molecular weight excluding hydrogens is 279 g/mol. The van der Waals surface area contributed by atoms with Crippen LogP contribution in [0.15, 0.2) is 24.3 Å². The van der Waals surface area contributed by atoms with Crippen molar-refractivity contribution < 1.29 is 0 Å². The van der Waals surface area contributed by atoms with Crippen molar-refractivity contribution in [3.05, 3.63) is 45.2 Å². The van der Waals surface area contributed by atoms with E-state index >= 15 is 0 Å². The van der Waals surface area contributed by atoms with Crippen molar-refractivity contribution in [3.8, 4) is 11.4 Å². The van der Waals surface area contributed by atoms with E-state index in [2.05, 4.69) is 9.97 Å². The lowest BCUT2D eigenvalue weighted by molar-refractivity contribution is 1.01. The van der Waals surface area contributed by atoms with Gasteiger partial charge in [-0.1, -0.05) is 41.7 Å². The molecule has 88 valence electrons. The van der Waals surface area contributed by atoms with Crippen LogP contribution in [0.4, 0.5) is 0 Å². The summed E-state index contributed by atoms with van der Waals surface area (Å²) >= 11 is 17.8. The van der Waals surface area contributed by atoms with E-state index in [4.69, 9.17) is 34.8 Å². The van der Waals surface area contributed by atoms with Gasteiger partial charge in [0.1, 0.15) is 5.15 Å². The van der Waals surface area contributed by atoms with E-state index in [1.165, 1.54) is 0 Å². The summed E-state index contributed by atoms with van der Waals surface area (Å²) in [5, 5.41) is 1.41. The Morgan fingerprint density at radius 1 is 1.00 bits per heavy atom. The Bertz CT molecular complexity index is 555. The molecule has 5 heteroatoms. The normalized spacial score (nSPS) is 10.6. The second kappa shape index (κ2) is 5.21. The molecule has 0 saturated carbocycles. The van der Waals surface area contributed by atoms with Crippen LogP contribution < -0.4 is 0 Å². The standard InChI is InChI=1S/C12H9Cl3N2/c1-2-8-6-11(15)17-12(16-8)7-3-4-9(13)10(14)5-7/h3-6H,2H2,1H3. The molecule has 0 unspecified atom stereocenters. The van der Waals surface area contributed by atoms with E-state index in [9.17, 15) is 0 Å². The average molecular weight is 288 g/mol. The molecule has 0 aliphatic carbocycles. The fourth-order valence-corrected chi connectivity index (χ4v) is 1.91. The van der Waals surface area contributed by atoms with E-state index in [0.29, 0.717) is 21.0 Å². The SMILES string of the molecule is CCc1cc(Cl)nc(-c2ccc(Cl)c(Cl)c2)n1. The predicted octanol–water partition coefficient (Wildman–Crippen LogP) is 4.67. The van der Waals surface area contributed by atoms with Crippen molar-refractivity contribution in [1.82, 2.24) is 9.97 Å². The molecule has 17 heavy (non-hydrogen) atoms. The molecule has 0 fully saturated rings. The maximum atomic E-state index is 5.96. The zero-order valence-electron chi connectivity index (χ0n) is 9.04. The second-order valence-electron chi connectivity index (χ2n) is 3.49. The van der Waals surface area contributed by atoms with Crippen molar-refractivity contribution in [3.63, 3.8) is 0 Å². The molecule has 0 N–H and O–H groups in total. The van der Waals surface area contributed by atoms with Crippen LogP contribution in [-0.4, -0.2) is 9.97 Å². The summed E-state index contributed by atoms with van der Waals surface area (Å²) in [6, 6.07) is 7.02. The van der Waals surface area contributed by atoms with Crippen molar-refractivity contribution in [2.75, 3.05) is 0 Å². The monoisotopic (exact) mass is 286 g/mol. The lowest BCUT2D eigenvalue weighted by Gasteiger charge is -2.04. The van der Waals surface area contributed by atoms with E-state index in [1.54, 1.807) is 18.2 Å². The molecular formula is C12H9Cl3N2. The molecule has 0 aliphatic heterocycles. The second-order valence-corrected chi connectivity index (χ2v) is 4.69. The number of nitrogens with zero attached hydrogens (tertiary/aromatic N) is 2. The first-order valence-corrected chi connectivity index (χ1v) is 6.22. The molecule has 2 nitrogen and oxygen atoms in total. The maximum absolute atomic E-state index is 5.96. The Balaban J connectivity index is 2.52. The van der Waals surface area contributed by atoms with Crippen LogP contribution in [0.2, 0.25) is 15.2 Å². The third-order valence-corrected chi connectivity index (χ3v) is 3.22. The number of aromatic nitrogens is 2. The lowest BCUT2D eigenvalue weighted by Crippen LogP contribution is -1.95. The van der Waals surface area contributed by atoms with Crippen molar-refractivity contribution in [2.45, 2.75) is 13.3 Å². The summed E-state index contributed by atoms with van der Waals surface area (Å²) in [4.78, 5) is 8.57. The minimum Gasteiger partial charge on any atom is -0.233 e. The van der Waals surface area contributed by atoms with Crippen molar-refractivity contribution in [1.29, 1.82) is 0 Å². The molecule has 0 bridgehead atoms. The minimum atomic E-state index is 0.429. The zero-order valence-corrected chi connectivity index (χ0v) is 11.3. The maximum Gasteiger partial charge on any atom is 0.161 e. The number of aryl methyl sites for hydroxylation is 1. The fraction of sp³-hybridized carbons (Fsp3) is 0.167. The molecule has 0 spiro atoms. The van der Waals surface area contributed by atoms with E-state index < -0.39 is 0 Å². The molecule has 2 rings (SSSR count). The molecule has 1 heterocycles. The number of hydrogen-bond donors (Lipinski definition) is 0. The largest absolute Gasteiger partial charge is 0.233 e. The van der Waals surface area contributed by atoms with Gasteiger partial charge in [-0.2, -0.15) is 0 Å². The quantitative estimate of drug-likeness (QED) is 0.750. The molecule has 0 atom stereocenters. The summed E-state index contributed by atoms with van der Waals surface area (Å²) < 4.78 is 0. The van der Waals surface area contributed by atoms with E-state index in [0.717, 1.165) is 17.7 Å². The van der Waals surface area contributed by atoms with Crippen LogP contribution in [-0.2, 0) is 6.42 Å². The van der Waals surface area contributed by atoms with Gasteiger partial charge < -0.3 is 0 Å². The molecule has 0 radical (unpaired) electrons. The highest BCUT2D eigenvalue weighted by Crippen LogP contribution is 2.27. The van der Waals surface area contributed by atoms with Gasteiger partial charge in [-0.3, -0.25) is 0 Å². The number of halogens is 3. The predicted molar refractivity (Wildman–Crippen MR) is 71.9 cm³/mol. The third-order valence-electron chi connectivity index (χ3n) is 2.29. The first-order valence-electron chi connectivity index (χ1n) is 5.09. The van der Waals surface area contributed by atoms with E-state index in [-0.39, 0.29) is 0 Å². The summed E-state index contributed by atoms with van der Waals surface area (Å²) in [7, 11) is 0. The highest BCUT2D eigenvalue weighted by molar-refractivity contribution is 6.42. The summed E-state index contributed by atoms with van der Waals surface area (Å²) in [5.74, 6) is 0.563. The van der Waals surface area contributed by atoms with Gasteiger partial charge in [-0.05, 0) is 30.7 Å². The van der Waals surface area contributed by atoms with Crippen LogP contribution in [0.1, 0.15) is 12.6 Å². The molecule has 0 aliphatic rings. The van der Waals surface area contributed by atoms with Gasteiger partial charge >= 0.3 is 0 Å². The highest BCUT2D eigenvalue weighted by atomic mass is 35.5. The number of hydrogen-bond acceptors (Lipinski definition) is 2. The van der Waals surface area contributed by atoms with Crippen molar-refractivity contribution >= 4 is 34.8 Å². The fourth-order valence-electron chi connectivity index (χ4n) is 1.41. The summed E-state index contributed by atoms with van der Waals surface area (Å²) in [6.45, 7) is 2.01. The van der Waals surface area contributed by atoms with Crippen LogP contribution >= 0.6 is 34.8 Å². The third kappa shape index (κ3) is 2.89. The van der Waals surface area contributed by atoms with Crippen LogP contribution in [0, 0.1) is 0 Å². The van der Waals surface area contributed by atoms with Gasteiger partial charge in [0.25, 0.3) is 0 Å². The van der Waals surface area contributed by atoms with Crippen LogP contribution in [0.25, 0.3) is 11.4 Å². The molecule has 1 aromatic carbocycles. The van der Waals surface area contributed by atoms with Gasteiger partial charge in [0.05, 0.1) is 10.0 Å². The van der Waals surface area contributed by atoms with Gasteiger partial charge in [0.15, 0.2) is 5.82 Å². The van der Waals surface area contributed by atoms with Crippen LogP contribution in [0.5, 0.6) is 0 Å². The molecule has 0 saturated heterocycles. The topological polar surface area (TPSA) is 25.8 Å². The first-order chi connectivity index (χ1) is 8.10. The Morgan fingerprint density at radius 2 is 1.76 bits per heavy atom. The Morgan fingerprint density at radius 3 is 2.41 bits per heavy atom. The van der Waals surface area contributed by atoms with Gasteiger partial charge in [0.2, 0.25) is 0 Å². The van der Waals surface area contributed by atoms with Crippen LogP contribution in [0.3, 0.4) is 0 Å². The van der Waals surface area contributed by atoms with Crippen molar-refractivity contribution in [2.24, 2.45) is 0 Å². The number of benzene rings is 1. The summed E-state index contributed by atoms with van der Waals surface area (Å²) in [6.07, 6.45) is 0.802. The van der Waals surface area contributed by atoms with Gasteiger partial charge in [-0.15, -0.1) is 0 Å². The highest BCUT2D eigenvalue weighted by Gasteiger charge is 2.07. The first kappa shape index (κ1) is 12.6. The smallest absolute Gasteiger partial charge is 0.161 e. The molecule has 0 amide bonds. The Hall–Kier alpha value is -0.830.